The quantitative estimate of drug-likeness (QED) is 0.160. The van der Waals surface area contributed by atoms with Crippen molar-refractivity contribution in [1.82, 2.24) is 9.55 Å². The van der Waals surface area contributed by atoms with Crippen molar-refractivity contribution in [2.75, 3.05) is 5.73 Å². The van der Waals surface area contributed by atoms with Gasteiger partial charge in [0.15, 0.2) is 0 Å². The number of pyridine rings is 1. The highest BCUT2D eigenvalue weighted by Crippen LogP contribution is 2.36. The molecule has 2 heterocycles. The average Bonchev–Trinajstić information content (AvgIpc) is 3.27. The molecule has 0 aliphatic heterocycles. The average molecular weight is 498 g/mol. The lowest BCUT2D eigenvalue weighted by Crippen LogP contribution is -1.98. The standard InChI is InChI=1S/C35H35N3/c1-2-3-4-5-6-12-21-38-34-16-11-10-15-28(34)31-22-26(17-20-35(31)38)33-24-29(25-13-8-7-9-14-25)30-23-27(36)18-19-32(30)37-33/h7-11,13-20,22-24H,2-6,12,21,36H2,1H3. The summed E-state index contributed by atoms with van der Waals surface area (Å²) < 4.78 is 2.51. The van der Waals surface area contributed by atoms with Crippen molar-refractivity contribution in [3.05, 3.63) is 97.1 Å². The molecule has 6 aromatic rings. The number of nitrogen functional groups attached to an aromatic ring is 1. The zero-order chi connectivity index (χ0) is 25.9. The Kier molecular flexibility index (Phi) is 6.83. The van der Waals surface area contributed by atoms with Crippen molar-refractivity contribution in [3.8, 4) is 22.4 Å². The van der Waals surface area contributed by atoms with Crippen LogP contribution in [0.3, 0.4) is 0 Å². The van der Waals surface area contributed by atoms with Crippen molar-refractivity contribution < 1.29 is 0 Å². The Morgan fingerprint density at radius 2 is 1.39 bits per heavy atom. The molecule has 3 nitrogen and oxygen atoms in total. The van der Waals surface area contributed by atoms with Crippen LogP contribution in [0.25, 0.3) is 55.1 Å². The van der Waals surface area contributed by atoms with Crippen LogP contribution in [-0.2, 0) is 6.54 Å². The lowest BCUT2D eigenvalue weighted by molar-refractivity contribution is 0.571. The van der Waals surface area contributed by atoms with Gasteiger partial charge in [-0.2, -0.15) is 0 Å². The third-order valence-corrected chi connectivity index (χ3v) is 7.72. The summed E-state index contributed by atoms with van der Waals surface area (Å²) in [6.07, 6.45) is 7.83. The third-order valence-electron chi connectivity index (χ3n) is 7.72. The number of rotatable bonds is 9. The van der Waals surface area contributed by atoms with Gasteiger partial charge in [0.2, 0.25) is 0 Å². The highest BCUT2D eigenvalue weighted by molar-refractivity contribution is 6.09. The second kappa shape index (κ2) is 10.7. The zero-order valence-corrected chi connectivity index (χ0v) is 22.2. The molecule has 0 unspecified atom stereocenters. The van der Waals surface area contributed by atoms with Crippen LogP contribution >= 0.6 is 0 Å². The third kappa shape index (κ3) is 4.65. The Balaban J connectivity index is 1.43. The second-order valence-electron chi connectivity index (χ2n) is 10.4. The van der Waals surface area contributed by atoms with E-state index in [0.29, 0.717) is 0 Å². The molecule has 0 aliphatic carbocycles. The second-order valence-corrected chi connectivity index (χ2v) is 10.4. The summed E-state index contributed by atoms with van der Waals surface area (Å²) in [4.78, 5) is 5.09. The maximum atomic E-state index is 6.17. The van der Waals surface area contributed by atoms with Gasteiger partial charge in [-0.05, 0) is 60.0 Å². The first-order valence-electron chi connectivity index (χ1n) is 14.0. The summed E-state index contributed by atoms with van der Waals surface area (Å²) in [5, 5.41) is 3.69. The molecular weight excluding hydrogens is 462 g/mol. The van der Waals surface area contributed by atoms with Crippen LogP contribution in [0.15, 0.2) is 97.1 Å². The van der Waals surface area contributed by atoms with Crippen LogP contribution in [0.1, 0.15) is 45.4 Å². The summed E-state index contributed by atoms with van der Waals surface area (Å²) in [6.45, 7) is 3.33. The minimum absolute atomic E-state index is 0.754. The molecule has 0 bridgehead atoms. The van der Waals surface area contributed by atoms with Crippen molar-refractivity contribution in [3.63, 3.8) is 0 Å². The molecule has 190 valence electrons. The number of aromatic nitrogens is 2. The fraction of sp³-hybridized carbons (Fsp3) is 0.229. The molecule has 0 spiro atoms. The van der Waals surface area contributed by atoms with Gasteiger partial charge < -0.3 is 10.3 Å². The molecule has 0 amide bonds. The number of hydrogen-bond donors (Lipinski definition) is 1. The van der Waals surface area contributed by atoms with Gasteiger partial charge in [-0.3, -0.25) is 0 Å². The number of nitrogens with two attached hydrogens (primary N) is 1. The van der Waals surface area contributed by atoms with E-state index in [2.05, 4.69) is 90.4 Å². The van der Waals surface area contributed by atoms with E-state index in [1.165, 1.54) is 65.9 Å². The van der Waals surface area contributed by atoms with Crippen LogP contribution in [-0.4, -0.2) is 9.55 Å². The number of anilines is 1. The fourth-order valence-corrected chi connectivity index (χ4v) is 5.75. The molecule has 0 radical (unpaired) electrons. The van der Waals surface area contributed by atoms with Crippen molar-refractivity contribution in [2.45, 2.75) is 52.0 Å². The molecule has 6 rings (SSSR count). The Hall–Kier alpha value is -4.11. The van der Waals surface area contributed by atoms with Crippen LogP contribution in [0, 0.1) is 0 Å². The van der Waals surface area contributed by atoms with Crippen LogP contribution in [0.4, 0.5) is 5.69 Å². The van der Waals surface area contributed by atoms with Crippen molar-refractivity contribution in [2.24, 2.45) is 0 Å². The van der Waals surface area contributed by atoms with E-state index >= 15 is 0 Å². The lowest BCUT2D eigenvalue weighted by atomic mass is 9.97. The monoisotopic (exact) mass is 497 g/mol. The molecule has 0 aliphatic rings. The van der Waals surface area contributed by atoms with Gasteiger partial charge in [0.25, 0.3) is 0 Å². The molecule has 0 saturated carbocycles. The Morgan fingerprint density at radius 1 is 0.632 bits per heavy atom. The minimum atomic E-state index is 0.754. The number of para-hydroxylation sites is 1. The molecule has 0 atom stereocenters. The summed E-state index contributed by atoms with van der Waals surface area (Å²) in [5.41, 5.74) is 15.0. The van der Waals surface area contributed by atoms with Gasteiger partial charge in [-0.15, -0.1) is 0 Å². The molecular formula is C35H35N3. The van der Waals surface area contributed by atoms with E-state index in [9.17, 15) is 0 Å². The van der Waals surface area contributed by atoms with Gasteiger partial charge in [0, 0.05) is 45.0 Å². The van der Waals surface area contributed by atoms with E-state index in [1.54, 1.807) is 0 Å². The normalized spacial score (nSPS) is 11.6. The lowest BCUT2D eigenvalue weighted by Gasteiger charge is -2.12. The molecule has 0 saturated heterocycles. The molecule has 4 aromatic carbocycles. The van der Waals surface area contributed by atoms with E-state index in [-0.39, 0.29) is 0 Å². The highest BCUT2D eigenvalue weighted by Gasteiger charge is 2.14. The summed E-state index contributed by atoms with van der Waals surface area (Å²) >= 11 is 0. The van der Waals surface area contributed by atoms with Crippen molar-refractivity contribution in [1.29, 1.82) is 0 Å². The van der Waals surface area contributed by atoms with Gasteiger partial charge in [-0.1, -0.05) is 93.6 Å². The molecule has 0 fully saturated rings. The Bertz CT molecular complexity index is 1710. The number of aryl methyl sites for hydroxylation is 1. The fourth-order valence-electron chi connectivity index (χ4n) is 5.75. The number of benzene rings is 4. The minimum Gasteiger partial charge on any atom is -0.399 e. The first-order valence-corrected chi connectivity index (χ1v) is 14.0. The number of unbranched alkanes of at least 4 members (excludes halogenated alkanes) is 5. The van der Waals surface area contributed by atoms with E-state index in [4.69, 9.17) is 10.7 Å². The summed E-state index contributed by atoms with van der Waals surface area (Å²) in [6, 6.07) is 34.4. The molecule has 2 N–H and O–H groups in total. The summed E-state index contributed by atoms with van der Waals surface area (Å²) in [5.74, 6) is 0. The smallest absolute Gasteiger partial charge is 0.0717 e. The predicted molar refractivity (Wildman–Crippen MR) is 163 cm³/mol. The topological polar surface area (TPSA) is 43.8 Å². The summed E-state index contributed by atoms with van der Waals surface area (Å²) in [7, 11) is 0. The van der Waals surface area contributed by atoms with Gasteiger partial charge in [0.05, 0.1) is 11.2 Å². The van der Waals surface area contributed by atoms with Gasteiger partial charge in [0.1, 0.15) is 0 Å². The largest absolute Gasteiger partial charge is 0.399 e. The Morgan fingerprint density at radius 3 is 2.26 bits per heavy atom. The van der Waals surface area contributed by atoms with Crippen LogP contribution in [0.5, 0.6) is 0 Å². The number of hydrogen-bond acceptors (Lipinski definition) is 2. The van der Waals surface area contributed by atoms with Gasteiger partial charge in [-0.25, -0.2) is 4.98 Å². The molecule has 38 heavy (non-hydrogen) atoms. The molecule has 3 heteroatoms. The van der Waals surface area contributed by atoms with Crippen LogP contribution in [0.2, 0.25) is 0 Å². The maximum Gasteiger partial charge on any atom is 0.0717 e. The van der Waals surface area contributed by atoms with Crippen molar-refractivity contribution >= 4 is 38.4 Å². The van der Waals surface area contributed by atoms with E-state index in [0.717, 1.165) is 40.0 Å². The van der Waals surface area contributed by atoms with Crippen LogP contribution < -0.4 is 5.73 Å². The predicted octanol–water partition coefficient (Wildman–Crippen LogP) is 9.62. The number of nitrogens with zero attached hydrogens (tertiary/aromatic N) is 2. The van der Waals surface area contributed by atoms with E-state index < -0.39 is 0 Å². The Labute approximate surface area is 224 Å². The molecule has 2 aromatic heterocycles. The number of fused-ring (bicyclic) bond motifs is 4. The SMILES string of the molecule is CCCCCCCCn1c2ccccc2c2cc(-c3cc(-c4ccccc4)c4cc(N)ccc4n3)ccc21. The van der Waals surface area contributed by atoms with E-state index in [1.807, 2.05) is 18.2 Å². The van der Waals surface area contributed by atoms with Gasteiger partial charge >= 0.3 is 0 Å². The zero-order valence-electron chi connectivity index (χ0n) is 22.2. The first kappa shape index (κ1) is 24.2. The maximum absolute atomic E-state index is 6.17. The first-order chi connectivity index (χ1) is 18.7. The highest BCUT2D eigenvalue weighted by atomic mass is 15.0.